The van der Waals surface area contributed by atoms with Gasteiger partial charge in [0.05, 0.1) is 5.56 Å². The summed E-state index contributed by atoms with van der Waals surface area (Å²) in [5.74, 6) is 0.239. The summed E-state index contributed by atoms with van der Waals surface area (Å²) >= 11 is 0. The molecule has 0 radical (unpaired) electrons. The van der Waals surface area contributed by atoms with Gasteiger partial charge in [-0.25, -0.2) is 18.9 Å². The van der Waals surface area contributed by atoms with Crippen LogP contribution in [0.25, 0.3) is 22.3 Å². The van der Waals surface area contributed by atoms with Crippen molar-refractivity contribution in [2.24, 2.45) is 5.41 Å². The summed E-state index contributed by atoms with van der Waals surface area (Å²) in [7, 11) is 1.83. The molecule has 10 nitrogen and oxygen atoms in total. The number of amides is 1. The minimum Gasteiger partial charge on any atom is -0.454 e. The van der Waals surface area contributed by atoms with Crippen LogP contribution in [0.15, 0.2) is 67.0 Å². The maximum absolute atomic E-state index is 15.7. The van der Waals surface area contributed by atoms with E-state index in [1.54, 1.807) is 17.3 Å². The van der Waals surface area contributed by atoms with Crippen LogP contribution in [0.5, 0.6) is 11.5 Å². The van der Waals surface area contributed by atoms with Gasteiger partial charge in [0.1, 0.15) is 23.2 Å². The van der Waals surface area contributed by atoms with Crippen molar-refractivity contribution < 1.29 is 18.3 Å². The topological polar surface area (TPSA) is 128 Å². The molecule has 0 aliphatic carbocycles. The molecule has 6 aromatic rings. The third-order valence-corrected chi connectivity index (χ3v) is 10.3. The molecule has 1 aliphatic heterocycles. The summed E-state index contributed by atoms with van der Waals surface area (Å²) in [6, 6.07) is 16.0. The van der Waals surface area contributed by atoms with E-state index in [9.17, 15) is 4.79 Å². The third kappa shape index (κ3) is 7.13. The molecule has 12 heteroatoms. The largest absolute Gasteiger partial charge is 0.454 e. The molecule has 51 heavy (non-hydrogen) atoms. The van der Waals surface area contributed by atoms with E-state index in [4.69, 9.17) is 4.74 Å². The lowest BCUT2D eigenvalue weighted by molar-refractivity contribution is -0.131. The molecule has 0 fully saturated rings. The van der Waals surface area contributed by atoms with Gasteiger partial charge in [0.25, 0.3) is 0 Å². The highest BCUT2D eigenvalue weighted by atomic mass is 19.1. The summed E-state index contributed by atoms with van der Waals surface area (Å²) < 4.78 is 37.5. The number of nitrogens with zero attached hydrogens (tertiary/aromatic N) is 5. The van der Waals surface area contributed by atoms with Crippen molar-refractivity contribution >= 4 is 16.8 Å². The van der Waals surface area contributed by atoms with Crippen molar-refractivity contribution in [3.63, 3.8) is 0 Å². The van der Waals surface area contributed by atoms with E-state index in [-0.39, 0.29) is 41.2 Å². The molecule has 3 aromatic carbocycles. The van der Waals surface area contributed by atoms with Gasteiger partial charge in [0.15, 0.2) is 11.6 Å². The Kier molecular flexibility index (Phi) is 9.17. The molecular weight excluding hydrogens is 650 g/mol. The van der Waals surface area contributed by atoms with Crippen molar-refractivity contribution in [3.05, 3.63) is 107 Å². The van der Waals surface area contributed by atoms with E-state index in [0.717, 1.165) is 53.7 Å². The number of halogens is 2. The molecule has 1 unspecified atom stereocenters. The van der Waals surface area contributed by atoms with E-state index in [0.29, 0.717) is 29.9 Å². The zero-order valence-corrected chi connectivity index (χ0v) is 29.3. The zero-order chi connectivity index (χ0) is 35.8. The Labute approximate surface area is 295 Å². The number of aromatic nitrogens is 7. The van der Waals surface area contributed by atoms with Crippen molar-refractivity contribution in [1.29, 1.82) is 0 Å². The van der Waals surface area contributed by atoms with Gasteiger partial charge in [-0.05, 0) is 83.8 Å². The van der Waals surface area contributed by atoms with Gasteiger partial charge < -0.3 is 19.6 Å². The van der Waals surface area contributed by atoms with E-state index in [2.05, 4.69) is 80.6 Å². The minimum absolute atomic E-state index is 0.0144. The molecule has 264 valence electrons. The molecule has 4 heterocycles. The predicted octanol–water partition coefficient (Wildman–Crippen LogP) is 7.83. The average molecular weight is 693 g/mol. The summed E-state index contributed by atoms with van der Waals surface area (Å²) in [6.45, 7) is 7.12. The molecule has 0 saturated heterocycles. The van der Waals surface area contributed by atoms with E-state index < -0.39 is 17.0 Å². The van der Waals surface area contributed by atoms with Crippen LogP contribution in [0.2, 0.25) is 0 Å². The SMILES string of the molecule is CN1CC(C)(C)CCCC(C)(c2cccc(CCc3nnn[nH]3)c2)c2cnc([nH]2)-c2cc(ccc2F)Oc2c(F)cc3[nH]ccc3c2CCC1=O. The number of H-pyrrole nitrogens is 3. The molecule has 1 amide bonds. The number of hydrogen-bond acceptors (Lipinski definition) is 6. The molecule has 0 saturated carbocycles. The van der Waals surface area contributed by atoms with Gasteiger partial charge >= 0.3 is 0 Å². The lowest BCUT2D eigenvalue weighted by Gasteiger charge is -2.34. The first-order valence-corrected chi connectivity index (χ1v) is 17.4. The number of carbonyl (C=O) groups is 1. The number of aromatic amines is 3. The number of hydrogen-bond donors (Lipinski definition) is 3. The molecule has 1 atom stereocenters. The number of nitrogens with one attached hydrogen (secondary N) is 3. The quantitative estimate of drug-likeness (QED) is 0.173. The van der Waals surface area contributed by atoms with Crippen LogP contribution >= 0.6 is 0 Å². The Balaban J connectivity index is 1.30. The van der Waals surface area contributed by atoms with Gasteiger partial charge in [0, 0.05) is 72.5 Å². The van der Waals surface area contributed by atoms with Crippen LogP contribution in [0, 0.1) is 17.0 Å². The summed E-state index contributed by atoms with van der Waals surface area (Å²) in [5.41, 5.74) is 3.79. The highest BCUT2D eigenvalue weighted by molar-refractivity contribution is 5.86. The van der Waals surface area contributed by atoms with E-state index >= 15 is 8.78 Å². The average Bonchev–Trinajstić information content (AvgIpc) is 3.90. The van der Waals surface area contributed by atoms with Gasteiger partial charge in [-0.3, -0.25) is 4.79 Å². The lowest BCUT2D eigenvalue weighted by Crippen LogP contribution is -2.36. The second kappa shape index (κ2) is 13.7. The number of carbonyl (C=O) groups excluding carboxylic acids is 1. The number of aryl methyl sites for hydroxylation is 3. The van der Waals surface area contributed by atoms with Gasteiger partial charge in [-0.15, -0.1) is 5.10 Å². The van der Waals surface area contributed by atoms with Crippen LogP contribution < -0.4 is 4.74 Å². The van der Waals surface area contributed by atoms with E-state index in [1.807, 2.05) is 13.1 Å². The van der Waals surface area contributed by atoms with Crippen LogP contribution in [-0.4, -0.2) is 60.0 Å². The number of fused-ring (bicyclic) bond motifs is 8. The molecule has 0 spiro atoms. The van der Waals surface area contributed by atoms with Crippen molar-refractivity contribution in [2.75, 3.05) is 13.6 Å². The first-order valence-electron chi connectivity index (χ1n) is 17.4. The van der Waals surface area contributed by atoms with Crippen molar-refractivity contribution in [1.82, 2.24) is 40.5 Å². The van der Waals surface area contributed by atoms with Crippen LogP contribution in [0.3, 0.4) is 0 Å². The van der Waals surface area contributed by atoms with Gasteiger partial charge in [-0.1, -0.05) is 44.5 Å². The number of imidazole rings is 1. The molecule has 3 aromatic heterocycles. The zero-order valence-electron chi connectivity index (χ0n) is 29.3. The van der Waals surface area contributed by atoms with Gasteiger partial charge in [0.2, 0.25) is 5.91 Å². The predicted molar refractivity (Wildman–Crippen MR) is 190 cm³/mol. The maximum Gasteiger partial charge on any atom is 0.222 e. The standard InChI is InChI=1S/C39H42F2N8O2/c1-38(2)16-6-17-39(3,25-8-5-7-24(19-25)9-13-34-45-47-48-46-34)33-22-43-37(44-33)29-20-26(10-12-30(29)40)51-36-28(11-14-35(50)49(4)23-38)27-15-18-42-32(27)21-31(36)41/h5,7-8,10,12,15,18-22,42H,6,9,11,13-14,16-17,23H2,1-4H3,(H,43,44)(H,45,46,47,48). The van der Waals surface area contributed by atoms with Crippen molar-refractivity contribution in [2.45, 2.75) is 71.1 Å². The monoisotopic (exact) mass is 692 g/mol. The van der Waals surface area contributed by atoms with Gasteiger partial charge in [-0.2, -0.15) is 0 Å². The molecule has 1 aliphatic rings. The Bertz CT molecular complexity index is 2170. The second-order valence-electron chi connectivity index (χ2n) is 14.6. The first kappa shape index (κ1) is 34.1. The Morgan fingerprint density at radius 1 is 0.980 bits per heavy atom. The fraction of sp³-hybridized carbons (Fsp3) is 0.359. The minimum atomic E-state index is -0.575. The number of tetrazole rings is 1. The summed E-state index contributed by atoms with van der Waals surface area (Å²) in [5, 5.41) is 15.0. The fourth-order valence-corrected chi connectivity index (χ4v) is 7.39. The van der Waals surface area contributed by atoms with E-state index in [1.165, 1.54) is 24.3 Å². The van der Waals surface area contributed by atoms with Crippen LogP contribution in [0.4, 0.5) is 8.78 Å². The molecule has 7 rings (SSSR count). The first-order chi connectivity index (χ1) is 24.5. The molecule has 4 bridgehead atoms. The molecular formula is C39H42F2N8O2. The van der Waals surface area contributed by atoms with Crippen LogP contribution in [0.1, 0.15) is 74.7 Å². The summed E-state index contributed by atoms with van der Waals surface area (Å²) in [6.07, 6.45) is 7.89. The third-order valence-electron chi connectivity index (χ3n) is 10.3. The normalized spacial score (nSPS) is 18.5. The smallest absolute Gasteiger partial charge is 0.222 e. The fourth-order valence-electron chi connectivity index (χ4n) is 7.39. The summed E-state index contributed by atoms with van der Waals surface area (Å²) in [4.78, 5) is 26.5. The lowest BCUT2D eigenvalue weighted by atomic mass is 9.73. The highest BCUT2D eigenvalue weighted by Crippen LogP contribution is 2.41. The Hall–Kier alpha value is -5.39. The number of benzene rings is 3. The Morgan fingerprint density at radius 2 is 1.84 bits per heavy atom. The number of ether oxygens (including phenoxy) is 1. The van der Waals surface area contributed by atoms with Crippen molar-refractivity contribution in [3.8, 4) is 22.9 Å². The number of rotatable bonds is 4. The second-order valence-corrected chi connectivity index (χ2v) is 14.6. The molecule has 3 N–H and O–H groups in total. The Morgan fingerprint density at radius 3 is 2.67 bits per heavy atom. The van der Waals surface area contributed by atoms with Crippen LogP contribution in [-0.2, 0) is 29.5 Å². The maximum atomic E-state index is 15.7. The highest BCUT2D eigenvalue weighted by Gasteiger charge is 2.33.